The van der Waals surface area contributed by atoms with E-state index in [1.54, 1.807) is 6.08 Å². The van der Waals surface area contributed by atoms with Crippen molar-refractivity contribution in [3.63, 3.8) is 0 Å². The molecule has 0 fully saturated rings. The molecule has 15 heavy (non-hydrogen) atoms. The summed E-state index contributed by atoms with van der Waals surface area (Å²) in [7, 11) is 1.32. The molecular weight excluding hydrogens is 200 g/mol. The molecule has 6 nitrogen and oxygen atoms in total. The zero-order valence-corrected chi connectivity index (χ0v) is 8.91. The number of hydrogen-bond donors (Lipinski definition) is 2. The molecule has 0 atom stereocenters. The van der Waals surface area contributed by atoms with E-state index in [1.165, 1.54) is 7.11 Å². The van der Waals surface area contributed by atoms with E-state index in [0.717, 1.165) is 0 Å². The fourth-order valence-electron chi connectivity index (χ4n) is 0.849. The molecule has 0 spiro atoms. The number of ether oxygens (including phenoxy) is 1. The van der Waals surface area contributed by atoms with Crippen molar-refractivity contribution in [2.24, 2.45) is 5.73 Å². The van der Waals surface area contributed by atoms with Crippen molar-refractivity contribution in [2.75, 3.05) is 20.3 Å². The van der Waals surface area contributed by atoms with Crippen molar-refractivity contribution >= 4 is 11.9 Å². The first-order chi connectivity index (χ1) is 7.11. The fraction of sp³-hybridized carbons (Fsp3) is 0.556. The Morgan fingerprint density at radius 3 is 2.60 bits per heavy atom. The van der Waals surface area contributed by atoms with Crippen LogP contribution in [0.4, 0.5) is 0 Å². The van der Waals surface area contributed by atoms with Crippen LogP contribution in [0.2, 0.25) is 0 Å². The Morgan fingerprint density at radius 1 is 1.47 bits per heavy atom. The highest BCUT2D eigenvalue weighted by Gasteiger charge is 2.05. The molecule has 0 radical (unpaired) electrons. The molecule has 0 aromatic heterocycles. The number of nitrogens with two attached hydrogens (primary N) is 1. The lowest BCUT2D eigenvalue weighted by atomic mass is 10.2. The van der Waals surface area contributed by atoms with Gasteiger partial charge in [0, 0.05) is 12.1 Å². The highest BCUT2D eigenvalue weighted by Crippen LogP contribution is 2.01. The zero-order valence-electron chi connectivity index (χ0n) is 8.91. The Hall–Kier alpha value is -1.40. The van der Waals surface area contributed by atoms with Gasteiger partial charge in [-0.1, -0.05) is 13.0 Å². The second-order valence-electron chi connectivity index (χ2n) is 2.68. The lowest BCUT2D eigenvalue weighted by molar-refractivity contribution is -0.136. The quantitative estimate of drug-likeness (QED) is 0.259. The van der Waals surface area contributed by atoms with Crippen LogP contribution >= 0.6 is 0 Å². The summed E-state index contributed by atoms with van der Waals surface area (Å²) in [6.07, 6.45) is 2.21. The molecule has 0 aromatic rings. The molecule has 0 aliphatic rings. The van der Waals surface area contributed by atoms with E-state index in [0.29, 0.717) is 18.5 Å². The number of carbonyl (C=O) groups excluding carboxylic acids is 2. The summed E-state index contributed by atoms with van der Waals surface area (Å²) in [5, 5.41) is 0. The SMILES string of the molecule is CCC(=CCNOCC(N)=O)C(=O)OC. The molecule has 0 unspecified atom stereocenters. The molecule has 86 valence electrons. The molecule has 0 heterocycles. The molecule has 0 saturated carbocycles. The second kappa shape index (κ2) is 7.95. The van der Waals surface area contributed by atoms with Crippen LogP contribution in [0.1, 0.15) is 13.3 Å². The Bertz CT molecular complexity index is 250. The average Bonchev–Trinajstić information content (AvgIpc) is 2.22. The van der Waals surface area contributed by atoms with Crippen LogP contribution in [-0.4, -0.2) is 32.1 Å². The maximum Gasteiger partial charge on any atom is 0.333 e. The minimum atomic E-state index is -0.560. The number of amides is 1. The largest absolute Gasteiger partial charge is 0.466 e. The lowest BCUT2D eigenvalue weighted by Gasteiger charge is -2.03. The summed E-state index contributed by atoms with van der Waals surface area (Å²) in [5.41, 5.74) is 7.86. The number of methoxy groups -OCH3 is 1. The van der Waals surface area contributed by atoms with E-state index in [1.807, 2.05) is 6.92 Å². The number of primary amides is 1. The molecule has 0 aromatic carbocycles. The summed E-state index contributed by atoms with van der Waals surface area (Å²) in [5.74, 6) is -0.927. The minimum absolute atomic E-state index is 0.201. The Morgan fingerprint density at radius 2 is 2.13 bits per heavy atom. The molecule has 0 aliphatic carbocycles. The summed E-state index contributed by atoms with van der Waals surface area (Å²) in [6, 6.07) is 0. The minimum Gasteiger partial charge on any atom is -0.466 e. The number of nitrogens with one attached hydrogen (secondary N) is 1. The maximum absolute atomic E-state index is 11.1. The van der Waals surface area contributed by atoms with Crippen molar-refractivity contribution < 1.29 is 19.2 Å². The van der Waals surface area contributed by atoms with Gasteiger partial charge in [-0.05, 0) is 6.42 Å². The van der Waals surface area contributed by atoms with Gasteiger partial charge in [0.2, 0.25) is 5.91 Å². The monoisotopic (exact) mass is 216 g/mol. The summed E-state index contributed by atoms with van der Waals surface area (Å²) < 4.78 is 4.55. The highest BCUT2D eigenvalue weighted by molar-refractivity contribution is 5.88. The number of rotatable bonds is 7. The van der Waals surface area contributed by atoms with E-state index >= 15 is 0 Å². The molecule has 3 N–H and O–H groups in total. The van der Waals surface area contributed by atoms with Gasteiger partial charge >= 0.3 is 5.97 Å². The first-order valence-electron chi connectivity index (χ1n) is 4.52. The fourth-order valence-corrected chi connectivity index (χ4v) is 0.849. The van der Waals surface area contributed by atoms with Crippen LogP contribution in [-0.2, 0) is 19.2 Å². The zero-order chi connectivity index (χ0) is 11.7. The predicted octanol–water partition coefficient (Wildman–Crippen LogP) is -0.498. The third kappa shape index (κ3) is 6.64. The van der Waals surface area contributed by atoms with E-state index in [4.69, 9.17) is 5.73 Å². The van der Waals surface area contributed by atoms with Gasteiger partial charge in [-0.15, -0.1) is 0 Å². The maximum atomic E-state index is 11.1. The van der Waals surface area contributed by atoms with Gasteiger partial charge in [0.25, 0.3) is 0 Å². The van der Waals surface area contributed by atoms with E-state index < -0.39 is 5.91 Å². The Kier molecular flexibility index (Phi) is 7.21. The lowest BCUT2D eigenvalue weighted by Crippen LogP contribution is -2.25. The van der Waals surface area contributed by atoms with Crippen LogP contribution in [0, 0.1) is 0 Å². The summed E-state index contributed by atoms with van der Waals surface area (Å²) in [4.78, 5) is 26.0. The number of esters is 1. The highest BCUT2D eigenvalue weighted by atomic mass is 16.6. The topological polar surface area (TPSA) is 90.6 Å². The van der Waals surface area contributed by atoms with Crippen molar-refractivity contribution in [3.05, 3.63) is 11.6 Å². The first kappa shape index (κ1) is 13.6. The van der Waals surface area contributed by atoms with Crippen molar-refractivity contribution in [3.8, 4) is 0 Å². The second-order valence-corrected chi connectivity index (χ2v) is 2.68. The van der Waals surface area contributed by atoms with Crippen molar-refractivity contribution in [2.45, 2.75) is 13.3 Å². The first-order valence-corrected chi connectivity index (χ1v) is 4.52. The number of hydrogen-bond acceptors (Lipinski definition) is 5. The molecule has 0 rings (SSSR count). The van der Waals surface area contributed by atoms with Gasteiger partial charge in [0.05, 0.1) is 7.11 Å². The van der Waals surface area contributed by atoms with E-state index in [-0.39, 0.29) is 12.6 Å². The predicted molar refractivity (Wildman–Crippen MR) is 53.5 cm³/mol. The van der Waals surface area contributed by atoms with Gasteiger partial charge < -0.3 is 10.5 Å². The number of hydroxylamine groups is 1. The van der Waals surface area contributed by atoms with Crippen LogP contribution in [0.5, 0.6) is 0 Å². The third-order valence-electron chi connectivity index (χ3n) is 1.58. The van der Waals surface area contributed by atoms with Crippen LogP contribution in [0.3, 0.4) is 0 Å². The van der Waals surface area contributed by atoms with Gasteiger partial charge in [-0.2, -0.15) is 5.48 Å². The smallest absolute Gasteiger partial charge is 0.333 e. The average molecular weight is 216 g/mol. The van der Waals surface area contributed by atoms with Gasteiger partial charge in [0.1, 0.15) is 6.61 Å². The Labute approximate surface area is 88.4 Å². The van der Waals surface area contributed by atoms with E-state index in [9.17, 15) is 9.59 Å². The standard InChI is InChI=1S/C9H16N2O4/c1-3-7(9(13)14-2)4-5-11-15-6-8(10)12/h4,11H,3,5-6H2,1-2H3,(H2,10,12). The van der Waals surface area contributed by atoms with Crippen LogP contribution in [0.25, 0.3) is 0 Å². The van der Waals surface area contributed by atoms with Crippen LogP contribution < -0.4 is 11.2 Å². The molecule has 0 saturated heterocycles. The Balaban J connectivity index is 3.81. The van der Waals surface area contributed by atoms with Crippen LogP contribution in [0.15, 0.2) is 11.6 Å². The molecule has 0 bridgehead atoms. The van der Waals surface area contributed by atoms with Gasteiger partial charge in [-0.3, -0.25) is 9.63 Å². The van der Waals surface area contributed by atoms with E-state index in [2.05, 4.69) is 15.1 Å². The molecule has 1 amide bonds. The van der Waals surface area contributed by atoms with Crippen molar-refractivity contribution in [1.82, 2.24) is 5.48 Å². The van der Waals surface area contributed by atoms with Gasteiger partial charge in [-0.25, -0.2) is 4.79 Å². The molecule has 0 aliphatic heterocycles. The number of carbonyl (C=O) groups is 2. The summed E-state index contributed by atoms with van der Waals surface area (Å²) >= 11 is 0. The normalized spacial score (nSPS) is 11.2. The van der Waals surface area contributed by atoms with Gasteiger partial charge in [0.15, 0.2) is 0 Å². The third-order valence-corrected chi connectivity index (χ3v) is 1.58. The molecular formula is C9H16N2O4. The van der Waals surface area contributed by atoms with Crippen molar-refractivity contribution in [1.29, 1.82) is 0 Å². The molecule has 6 heteroatoms. The summed E-state index contributed by atoms with van der Waals surface area (Å²) in [6.45, 7) is 1.95.